The summed E-state index contributed by atoms with van der Waals surface area (Å²) in [5.41, 5.74) is 1.15. The van der Waals surface area contributed by atoms with E-state index < -0.39 is 5.97 Å². The molecule has 7 nitrogen and oxygen atoms in total. The van der Waals surface area contributed by atoms with Crippen LogP contribution in [0.2, 0.25) is 0 Å². The third-order valence-electron chi connectivity index (χ3n) is 4.12. The Morgan fingerprint density at radius 3 is 2.64 bits per heavy atom. The highest BCUT2D eigenvalue weighted by atomic mass is 32.1. The van der Waals surface area contributed by atoms with Gasteiger partial charge in [-0.1, -0.05) is 12.1 Å². The van der Waals surface area contributed by atoms with Gasteiger partial charge in [0.1, 0.15) is 15.5 Å². The van der Waals surface area contributed by atoms with E-state index in [4.69, 9.17) is 14.2 Å². The lowest BCUT2D eigenvalue weighted by Crippen LogP contribution is -2.10. The summed E-state index contributed by atoms with van der Waals surface area (Å²) in [5, 5.41) is 0.413. The summed E-state index contributed by atoms with van der Waals surface area (Å²) >= 11 is 1.16. The SMILES string of the molecule is CCOC(=O)c1sc2nc(/C=C/c3ccc(OC)c(OC)c3)[nH]c(=O)c2c1C. The molecule has 0 bridgehead atoms. The quantitative estimate of drug-likeness (QED) is 0.635. The minimum atomic E-state index is -0.440. The Balaban J connectivity index is 1.97. The van der Waals surface area contributed by atoms with E-state index in [0.29, 0.717) is 38.0 Å². The van der Waals surface area contributed by atoms with Crippen molar-refractivity contribution in [2.45, 2.75) is 13.8 Å². The fourth-order valence-electron chi connectivity index (χ4n) is 2.76. The number of esters is 1. The minimum absolute atomic E-state index is 0.273. The summed E-state index contributed by atoms with van der Waals surface area (Å²) in [6.07, 6.45) is 3.50. The first-order valence-electron chi connectivity index (χ1n) is 8.59. The number of fused-ring (bicyclic) bond motifs is 1. The van der Waals surface area contributed by atoms with Crippen LogP contribution in [0.1, 0.15) is 33.5 Å². The number of hydrogen-bond acceptors (Lipinski definition) is 7. The maximum Gasteiger partial charge on any atom is 0.348 e. The highest BCUT2D eigenvalue weighted by molar-refractivity contribution is 7.20. The molecule has 146 valence electrons. The van der Waals surface area contributed by atoms with Crippen LogP contribution in [0.25, 0.3) is 22.4 Å². The van der Waals surface area contributed by atoms with E-state index in [1.54, 1.807) is 46.3 Å². The van der Waals surface area contributed by atoms with E-state index in [1.807, 2.05) is 12.1 Å². The second kappa shape index (κ2) is 8.26. The number of ether oxygens (including phenoxy) is 3. The molecule has 0 unspecified atom stereocenters. The van der Waals surface area contributed by atoms with Crippen LogP contribution < -0.4 is 15.0 Å². The first-order valence-corrected chi connectivity index (χ1v) is 9.40. The molecule has 0 spiro atoms. The topological polar surface area (TPSA) is 90.5 Å². The predicted octanol–water partition coefficient (Wildman–Crippen LogP) is 3.66. The van der Waals surface area contributed by atoms with Crippen molar-refractivity contribution in [1.29, 1.82) is 0 Å². The molecule has 2 heterocycles. The van der Waals surface area contributed by atoms with Crippen LogP contribution in [0.4, 0.5) is 0 Å². The third kappa shape index (κ3) is 3.77. The molecule has 0 saturated heterocycles. The minimum Gasteiger partial charge on any atom is -0.493 e. The van der Waals surface area contributed by atoms with Crippen LogP contribution in [0.5, 0.6) is 11.5 Å². The van der Waals surface area contributed by atoms with Gasteiger partial charge in [0, 0.05) is 0 Å². The van der Waals surface area contributed by atoms with Crippen LogP contribution >= 0.6 is 11.3 Å². The van der Waals surface area contributed by atoms with Crippen LogP contribution in [0, 0.1) is 6.92 Å². The fourth-order valence-corrected chi connectivity index (χ4v) is 3.85. The second-order valence-electron chi connectivity index (χ2n) is 5.86. The van der Waals surface area contributed by atoms with Crippen molar-refractivity contribution in [1.82, 2.24) is 9.97 Å². The summed E-state index contributed by atoms with van der Waals surface area (Å²) < 4.78 is 15.6. The number of aromatic nitrogens is 2. The first kappa shape index (κ1) is 19.6. The highest BCUT2D eigenvalue weighted by Gasteiger charge is 2.19. The van der Waals surface area contributed by atoms with Crippen molar-refractivity contribution in [2.24, 2.45) is 0 Å². The maximum atomic E-state index is 12.5. The number of carbonyl (C=O) groups is 1. The molecule has 0 aliphatic rings. The lowest BCUT2D eigenvalue weighted by Gasteiger charge is -2.07. The van der Waals surface area contributed by atoms with Crippen LogP contribution in [0.15, 0.2) is 23.0 Å². The van der Waals surface area contributed by atoms with E-state index >= 15 is 0 Å². The first-order chi connectivity index (χ1) is 13.5. The summed E-state index contributed by atoms with van der Waals surface area (Å²) in [4.78, 5) is 32.7. The summed E-state index contributed by atoms with van der Waals surface area (Å²) in [5.74, 6) is 1.19. The van der Waals surface area contributed by atoms with Crippen LogP contribution in [-0.2, 0) is 4.74 Å². The smallest absolute Gasteiger partial charge is 0.348 e. The Morgan fingerprint density at radius 1 is 1.21 bits per heavy atom. The lowest BCUT2D eigenvalue weighted by atomic mass is 10.2. The number of nitrogens with one attached hydrogen (secondary N) is 1. The zero-order chi connectivity index (χ0) is 20.3. The molecule has 0 aliphatic carbocycles. The number of thiophene rings is 1. The molecule has 0 saturated carbocycles. The van der Waals surface area contributed by atoms with Crippen molar-refractivity contribution in [3.8, 4) is 11.5 Å². The number of benzene rings is 1. The number of methoxy groups -OCH3 is 2. The Morgan fingerprint density at radius 2 is 1.96 bits per heavy atom. The molecule has 1 N–H and O–H groups in total. The van der Waals surface area contributed by atoms with E-state index in [2.05, 4.69) is 9.97 Å². The molecule has 3 rings (SSSR count). The van der Waals surface area contributed by atoms with Gasteiger partial charge in [-0.05, 0) is 43.2 Å². The van der Waals surface area contributed by atoms with Crippen molar-refractivity contribution in [3.63, 3.8) is 0 Å². The predicted molar refractivity (Wildman–Crippen MR) is 109 cm³/mol. The van der Waals surface area contributed by atoms with Gasteiger partial charge in [-0.15, -0.1) is 11.3 Å². The average molecular weight is 400 g/mol. The van der Waals surface area contributed by atoms with Gasteiger partial charge in [-0.2, -0.15) is 0 Å². The Bertz CT molecular complexity index is 1110. The molecular formula is C20H20N2O5S. The van der Waals surface area contributed by atoms with Gasteiger partial charge in [-0.3, -0.25) is 4.79 Å². The largest absolute Gasteiger partial charge is 0.493 e. The monoisotopic (exact) mass is 400 g/mol. The molecule has 0 atom stereocenters. The summed E-state index contributed by atoms with van der Waals surface area (Å²) in [6, 6.07) is 5.48. The maximum absolute atomic E-state index is 12.5. The van der Waals surface area contributed by atoms with Crippen molar-refractivity contribution in [3.05, 3.63) is 50.4 Å². The number of carbonyl (C=O) groups excluding carboxylic acids is 1. The van der Waals surface area contributed by atoms with Gasteiger partial charge < -0.3 is 19.2 Å². The van der Waals surface area contributed by atoms with Crippen LogP contribution in [-0.4, -0.2) is 36.8 Å². The number of aryl methyl sites for hydroxylation is 1. The normalized spacial score (nSPS) is 11.1. The molecule has 0 amide bonds. The molecular weight excluding hydrogens is 380 g/mol. The highest BCUT2D eigenvalue weighted by Crippen LogP contribution is 2.29. The molecule has 28 heavy (non-hydrogen) atoms. The van der Waals surface area contributed by atoms with Crippen molar-refractivity contribution in [2.75, 3.05) is 20.8 Å². The number of aromatic amines is 1. The number of hydrogen-bond donors (Lipinski definition) is 1. The third-order valence-corrected chi connectivity index (χ3v) is 5.29. The molecule has 0 fully saturated rings. The summed E-state index contributed by atoms with van der Waals surface area (Å²) in [7, 11) is 3.14. The van der Waals surface area contributed by atoms with Gasteiger partial charge in [0.15, 0.2) is 11.5 Å². The number of nitrogens with zero attached hydrogens (tertiary/aromatic N) is 1. The van der Waals surface area contributed by atoms with E-state index in [-0.39, 0.29) is 12.2 Å². The zero-order valence-electron chi connectivity index (χ0n) is 16.0. The Labute approximate surface area is 165 Å². The van der Waals surface area contributed by atoms with Gasteiger partial charge >= 0.3 is 5.97 Å². The van der Waals surface area contributed by atoms with Crippen LogP contribution in [0.3, 0.4) is 0 Å². The van der Waals surface area contributed by atoms with Gasteiger partial charge in [-0.25, -0.2) is 9.78 Å². The van der Waals surface area contributed by atoms with E-state index in [0.717, 1.165) is 16.9 Å². The van der Waals surface area contributed by atoms with E-state index in [1.165, 1.54) is 0 Å². The lowest BCUT2D eigenvalue weighted by molar-refractivity contribution is 0.0531. The molecule has 2 aromatic heterocycles. The van der Waals surface area contributed by atoms with Crippen molar-refractivity contribution >= 4 is 39.7 Å². The second-order valence-corrected chi connectivity index (χ2v) is 6.85. The van der Waals surface area contributed by atoms with Gasteiger partial charge in [0.25, 0.3) is 5.56 Å². The van der Waals surface area contributed by atoms with Crippen molar-refractivity contribution < 1.29 is 19.0 Å². The van der Waals surface area contributed by atoms with E-state index in [9.17, 15) is 9.59 Å². The molecule has 8 heteroatoms. The number of H-pyrrole nitrogens is 1. The molecule has 0 aliphatic heterocycles. The summed E-state index contributed by atoms with van der Waals surface area (Å²) in [6.45, 7) is 3.74. The van der Waals surface area contributed by atoms with Gasteiger partial charge in [0.2, 0.25) is 0 Å². The fraction of sp³-hybridized carbons (Fsp3) is 0.250. The van der Waals surface area contributed by atoms with Gasteiger partial charge in [0.05, 0.1) is 26.2 Å². The Hall–Kier alpha value is -3.13. The Kier molecular flexibility index (Phi) is 5.79. The standard InChI is InChI=1S/C20H20N2O5S/c1-5-27-20(24)17-11(2)16-18(23)21-15(22-19(16)28-17)9-7-12-6-8-13(25-3)14(10-12)26-4/h6-10H,5H2,1-4H3,(H,21,22,23)/b9-7+. The molecule has 1 aromatic carbocycles. The average Bonchev–Trinajstić information content (AvgIpc) is 3.03. The number of rotatable bonds is 6. The molecule has 0 radical (unpaired) electrons. The molecule has 3 aromatic rings. The zero-order valence-corrected chi connectivity index (χ0v) is 16.8.